The van der Waals surface area contributed by atoms with E-state index in [9.17, 15) is 9.59 Å². The molecule has 2 aliphatic rings. The summed E-state index contributed by atoms with van der Waals surface area (Å²) in [5, 5.41) is 8.58. The number of fused-ring (bicyclic) bond motifs is 1. The highest BCUT2D eigenvalue weighted by atomic mass is 16.2. The molecule has 0 radical (unpaired) electrons. The average Bonchev–Trinajstić information content (AvgIpc) is 2.91. The lowest BCUT2D eigenvalue weighted by Gasteiger charge is -2.33. The summed E-state index contributed by atoms with van der Waals surface area (Å²) in [5.41, 5.74) is 1.40. The molecule has 36 heavy (non-hydrogen) atoms. The van der Waals surface area contributed by atoms with E-state index in [1.165, 1.54) is 38.5 Å². The van der Waals surface area contributed by atoms with Crippen LogP contribution in [0, 0.1) is 23.7 Å². The number of hydrogen-bond acceptors (Lipinski definition) is 2. The molecular weight excluding hydrogens is 444 g/mol. The highest BCUT2D eigenvalue weighted by molar-refractivity contribution is 6.02. The molecule has 2 amide bonds. The van der Waals surface area contributed by atoms with Crippen LogP contribution in [-0.2, 0) is 0 Å². The maximum absolute atomic E-state index is 13.0. The number of hydrogen-bond donors (Lipinski definition) is 2. The predicted molar refractivity (Wildman–Crippen MR) is 149 cm³/mol. The van der Waals surface area contributed by atoms with Crippen LogP contribution in [-0.4, -0.2) is 23.9 Å². The van der Waals surface area contributed by atoms with Gasteiger partial charge in [-0.25, -0.2) is 0 Å². The first kappa shape index (κ1) is 26.7. The number of rotatable bonds is 8. The zero-order valence-electron chi connectivity index (χ0n) is 22.8. The van der Waals surface area contributed by atoms with Crippen LogP contribution in [0.5, 0.6) is 0 Å². The minimum Gasteiger partial charge on any atom is -0.349 e. The summed E-state index contributed by atoms with van der Waals surface area (Å²) in [5.74, 6) is 2.89. The molecule has 2 fully saturated rings. The molecule has 6 unspecified atom stereocenters. The van der Waals surface area contributed by atoms with E-state index >= 15 is 0 Å². The molecule has 196 valence electrons. The maximum atomic E-state index is 13.0. The number of carbonyl (C=O) groups is 2. The number of nitrogens with one attached hydrogen (secondary N) is 2. The van der Waals surface area contributed by atoms with Crippen LogP contribution < -0.4 is 10.6 Å². The second-order valence-electron chi connectivity index (χ2n) is 11.7. The molecule has 6 atom stereocenters. The van der Waals surface area contributed by atoms with Crippen molar-refractivity contribution in [2.45, 2.75) is 104 Å². The predicted octanol–water partition coefficient (Wildman–Crippen LogP) is 7.51. The topological polar surface area (TPSA) is 58.2 Å². The Morgan fingerprint density at radius 1 is 0.722 bits per heavy atom. The molecule has 4 rings (SSSR count). The van der Waals surface area contributed by atoms with Gasteiger partial charge in [0, 0.05) is 23.2 Å². The Kier molecular flexibility index (Phi) is 9.09. The quantitative estimate of drug-likeness (QED) is 0.402. The molecule has 0 saturated heterocycles. The third-order valence-electron chi connectivity index (χ3n) is 9.36. The molecule has 4 heteroatoms. The monoisotopic (exact) mass is 490 g/mol. The van der Waals surface area contributed by atoms with Crippen molar-refractivity contribution in [3.8, 4) is 0 Å². The number of carbonyl (C=O) groups excluding carboxylic acids is 2. The van der Waals surface area contributed by atoms with Gasteiger partial charge in [0.25, 0.3) is 11.8 Å². The van der Waals surface area contributed by atoms with E-state index in [0.29, 0.717) is 23.0 Å². The van der Waals surface area contributed by atoms with Crippen molar-refractivity contribution >= 4 is 22.6 Å². The van der Waals surface area contributed by atoms with Crippen LogP contribution in [0.1, 0.15) is 113 Å². The highest BCUT2D eigenvalue weighted by Crippen LogP contribution is 2.33. The van der Waals surface area contributed by atoms with Crippen LogP contribution in [0.4, 0.5) is 0 Å². The summed E-state index contributed by atoms with van der Waals surface area (Å²) in [6.07, 6.45) is 11.7. The minimum absolute atomic E-state index is 0.0154. The van der Waals surface area contributed by atoms with E-state index in [1.807, 2.05) is 36.4 Å². The van der Waals surface area contributed by atoms with Crippen molar-refractivity contribution in [3.05, 3.63) is 47.5 Å². The Bertz CT molecular complexity index is 964. The largest absolute Gasteiger partial charge is 0.349 e. The molecule has 2 aliphatic carbocycles. The van der Waals surface area contributed by atoms with Crippen LogP contribution >= 0.6 is 0 Å². The van der Waals surface area contributed by atoms with Crippen molar-refractivity contribution in [2.24, 2.45) is 23.7 Å². The van der Waals surface area contributed by atoms with Crippen molar-refractivity contribution in [1.82, 2.24) is 10.6 Å². The van der Waals surface area contributed by atoms with E-state index in [1.54, 1.807) is 0 Å². The molecule has 4 nitrogen and oxygen atoms in total. The van der Waals surface area contributed by atoms with Crippen molar-refractivity contribution < 1.29 is 9.59 Å². The van der Waals surface area contributed by atoms with E-state index < -0.39 is 0 Å². The first-order chi connectivity index (χ1) is 17.4. The maximum Gasteiger partial charge on any atom is 0.251 e. The zero-order chi connectivity index (χ0) is 25.7. The Hall–Kier alpha value is -2.36. The van der Waals surface area contributed by atoms with Crippen molar-refractivity contribution in [3.63, 3.8) is 0 Å². The molecule has 0 aromatic heterocycles. The molecule has 0 spiro atoms. The Labute approximate surface area is 218 Å². The number of amides is 2. The van der Waals surface area contributed by atoms with Crippen LogP contribution in [0.25, 0.3) is 10.8 Å². The van der Waals surface area contributed by atoms with Gasteiger partial charge in [-0.2, -0.15) is 0 Å². The molecule has 2 aromatic carbocycles. The lowest BCUT2D eigenvalue weighted by molar-refractivity contribution is 0.0902. The first-order valence-corrected chi connectivity index (χ1v) is 14.5. The minimum atomic E-state index is 0.0154. The molecule has 0 heterocycles. The van der Waals surface area contributed by atoms with Gasteiger partial charge < -0.3 is 10.6 Å². The van der Waals surface area contributed by atoms with Gasteiger partial charge in [-0.1, -0.05) is 78.4 Å². The van der Waals surface area contributed by atoms with Crippen LogP contribution in [0.3, 0.4) is 0 Å². The van der Waals surface area contributed by atoms with Crippen LogP contribution in [0.15, 0.2) is 36.4 Å². The molecule has 0 bridgehead atoms. The van der Waals surface area contributed by atoms with E-state index in [4.69, 9.17) is 0 Å². The molecule has 2 saturated carbocycles. The van der Waals surface area contributed by atoms with E-state index in [0.717, 1.165) is 48.3 Å². The standard InChI is InChI=1S/C32H46N2O2/c1-5-21(3)23-9-7-11-29(19-23)33-31(35)27-15-13-26-18-28(16-14-25(26)17-27)32(36)34-30-12-8-10-24(20-30)22(4)6-2/h13-18,21-24,29-30H,5-12,19-20H2,1-4H3,(H,33,35)(H,34,36). The van der Waals surface area contributed by atoms with E-state index in [-0.39, 0.29) is 23.9 Å². The zero-order valence-corrected chi connectivity index (χ0v) is 22.8. The third kappa shape index (κ3) is 6.49. The van der Waals surface area contributed by atoms with Gasteiger partial charge in [0.15, 0.2) is 0 Å². The summed E-state index contributed by atoms with van der Waals surface area (Å²) in [6, 6.07) is 12.2. The third-order valence-corrected chi connectivity index (χ3v) is 9.36. The average molecular weight is 491 g/mol. The molecule has 2 N–H and O–H groups in total. The van der Waals surface area contributed by atoms with Gasteiger partial charge in [0.2, 0.25) is 0 Å². The van der Waals surface area contributed by atoms with Crippen LogP contribution in [0.2, 0.25) is 0 Å². The molecule has 2 aromatic rings. The van der Waals surface area contributed by atoms with Gasteiger partial charge in [-0.05, 0) is 84.4 Å². The van der Waals surface area contributed by atoms with Gasteiger partial charge in [-0.15, -0.1) is 0 Å². The van der Waals surface area contributed by atoms with E-state index in [2.05, 4.69) is 38.3 Å². The molecular formula is C32H46N2O2. The van der Waals surface area contributed by atoms with Gasteiger partial charge in [-0.3, -0.25) is 9.59 Å². The fraction of sp³-hybridized carbons (Fsp3) is 0.625. The van der Waals surface area contributed by atoms with Gasteiger partial charge >= 0.3 is 0 Å². The summed E-state index contributed by atoms with van der Waals surface area (Å²) in [7, 11) is 0. The summed E-state index contributed by atoms with van der Waals surface area (Å²) >= 11 is 0. The smallest absolute Gasteiger partial charge is 0.251 e. The number of benzene rings is 2. The summed E-state index contributed by atoms with van der Waals surface area (Å²) < 4.78 is 0. The lowest BCUT2D eigenvalue weighted by Crippen LogP contribution is -2.39. The summed E-state index contributed by atoms with van der Waals surface area (Å²) in [4.78, 5) is 26.0. The van der Waals surface area contributed by atoms with Crippen molar-refractivity contribution in [1.29, 1.82) is 0 Å². The Morgan fingerprint density at radius 2 is 1.14 bits per heavy atom. The fourth-order valence-corrected chi connectivity index (χ4v) is 6.48. The first-order valence-electron chi connectivity index (χ1n) is 14.5. The Morgan fingerprint density at radius 3 is 1.53 bits per heavy atom. The second-order valence-corrected chi connectivity index (χ2v) is 11.7. The molecule has 0 aliphatic heterocycles. The Balaban J connectivity index is 1.38. The summed E-state index contributed by atoms with van der Waals surface area (Å²) in [6.45, 7) is 9.20. The SMILES string of the molecule is CCC(C)C1CCCC(NC(=O)c2ccc3cc(C(=O)NC4CCCC(C(C)CC)C4)ccc3c2)C1. The van der Waals surface area contributed by atoms with Crippen molar-refractivity contribution in [2.75, 3.05) is 0 Å². The highest BCUT2D eigenvalue weighted by Gasteiger charge is 2.28. The lowest BCUT2D eigenvalue weighted by atomic mass is 9.77. The van der Waals surface area contributed by atoms with Gasteiger partial charge in [0.05, 0.1) is 0 Å². The normalized spacial score (nSPS) is 26.2. The second kappa shape index (κ2) is 12.3. The fourth-order valence-electron chi connectivity index (χ4n) is 6.48. The van der Waals surface area contributed by atoms with Gasteiger partial charge in [0.1, 0.15) is 0 Å².